The number of hydrogen-bond donors (Lipinski definition) is 1. The first kappa shape index (κ1) is 13.4. The van der Waals surface area contributed by atoms with Gasteiger partial charge in [-0.05, 0) is 37.8 Å². The maximum absolute atomic E-state index is 5.39. The monoisotopic (exact) mass is 285 g/mol. The molecule has 0 aromatic heterocycles. The Labute approximate surface area is 108 Å². The highest BCUT2D eigenvalue weighted by Gasteiger charge is 2.30. The molecule has 1 aliphatic heterocycles. The number of benzene rings is 1. The molecule has 0 bridgehead atoms. The van der Waals surface area contributed by atoms with E-state index in [1.54, 1.807) is 7.11 Å². The van der Waals surface area contributed by atoms with E-state index < -0.39 is 0 Å². The van der Waals surface area contributed by atoms with Crippen LogP contribution in [0.4, 0.5) is 5.69 Å². The third kappa shape index (κ3) is 2.34. The van der Waals surface area contributed by atoms with Gasteiger partial charge >= 0.3 is 0 Å². The van der Waals surface area contributed by atoms with Crippen LogP contribution in [-0.2, 0) is 0 Å². The Morgan fingerprint density at radius 3 is 2.69 bits per heavy atom. The number of hydrogen-bond acceptors (Lipinski definition) is 2. The summed E-state index contributed by atoms with van der Waals surface area (Å²) in [6, 6.07) is 6.26. The number of methoxy groups -OCH3 is 1. The van der Waals surface area contributed by atoms with Crippen LogP contribution in [0.1, 0.15) is 38.7 Å². The second-order valence-electron chi connectivity index (χ2n) is 5.04. The SMILES string of the molecule is Br.COc1cccc2c1NC(C)(C)CC2C. The van der Waals surface area contributed by atoms with Crippen LogP contribution in [0.2, 0.25) is 0 Å². The summed E-state index contributed by atoms with van der Waals surface area (Å²) in [6.07, 6.45) is 1.16. The van der Waals surface area contributed by atoms with Gasteiger partial charge < -0.3 is 10.1 Å². The van der Waals surface area contributed by atoms with Crippen molar-refractivity contribution >= 4 is 22.7 Å². The van der Waals surface area contributed by atoms with Gasteiger partial charge in [0.2, 0.25) is 0 Å². The van der Waals surface area contributed by atoms with Gasteiger partial charge in [-0.25, -0.2) is 0 Å². The van der Waals surface area contributed by atoms with Crippen molar-refractivity contribution in [3.05, 3.63) is 23.8 Å². The van der Waals surface area contributed by atoms with E-state index in [0.717, 1.165) is 12.2 Å². The van der Waals surface area contributed by atoms with Gasteiger partial charge in [0.05, 0.1) is 12.8 Å². The van der Waals surface area contributed by atoms with E-state index in [1.807, 2.05) is 6.07 Å². The largest absolute Gasteiger partial charge is 0.495 e. The summed E-state index contributed by atoms with van der Waals surface area (Å²) in [6.45, 7) is 6.75. The van der Waals surface area contributed by atoms with E-state index in [1.165, 1.54) is 11.3 Å². The van der Waals surface area contributed by atoms with Crippen molar-refractivity contribution < 1.29 is 4.74 Å². The van der Waals surface area contributed by atoms with Crippen LogP contribution in [0.15, 0.2) is 18.2 Å². The molecule has 2 nitrogen and oxygen atoms in total. The minimum Gasteiger partial charge on any atom is -0.495 e. The van der Waals surface area contributed by atoms with Crippen molar-refractivity contribution in [1.82, 2.24) is 0 Å². The molecule has 1 aromatic carbocycles. The van der Waals surface area contributed by atoms with Crippen molar-refractivity contribution in [2.24, 2.45) is 0 Å². The molecule has 0 saturated carbocycles. The van der Waals surface area contributed by atoms with Crippen molar-refractivity contribution in [2.45, 2.75) is 38.6 Å². The van der Waals surface area contributed by atoms with E-state index in [-0.39, 0.29) is 22.5 Å². The fourth-order valence-electron chi connectivity index (χ4n) is 2.53. The number of fused-ring (bicyclic) bond motifs is 1. The molecular weight excluding hydrogens is 266 g/mol. The van der Waals surface area contributed by atoms with Gasteiger partial charge in [0.1, 0.15) is 5.75 Å². The minimum absolute atomic E-state index is 0. The van der Waals surface area contributed by atoms with Crippen LogP contribution in [0.3, 0.4) is 0 Å². The fraction of sp³-hybridized carbons (Fsp3) is 0.538. The van der Waals surface area contributed by atoms with Crippen LogP contribution in [-0.4, -0.2) is 12.6 Å². The molecule has 0 saturated heterocycles. The minimum atomic E-state index is 0. The molecule has 0 spiro atoms. The molecule has 0 amide bonds. The van der Waals surface area contributed by atoms with Crippen molar-refractivity contribution in [1.29, 1.82) is 0 Å². The first-order valence-electron chi connectivity index (χ1n) is 5.48. The molecule has 2 rings (SSSR count). The number of anilines is 1. The number of rotatable bonds is 1. The summed E-state index contributed by atoms with van der Waals surface area (Å²) >= 11 is 0. The molecule has 1 heterocycles. The molecule has 16 heavy (non-hydrogen) atoms. The average Bonchev–Trinajstić information content (AvgIpc) is 2.15. The predicted molar refractivity (Wildman–Crippen MR) is 74.0 cm³/mol. The molecule has 1 N–H and O–H groups in total. The van der Waals surface area contributed by atoms with Gasteiger partial charge in [-0.1, -0.05) is 19.1 Å². The lowest BCUT2D eigenvalue weighted by Crippen LogP contribution is -2.36. The number of nitrogens with one attached hydrogen (secondary N) is 1. The van der Waals surface area contributed by atoms with Crippen LogP contribution in [0.25, 0.3) is 0 Å². The summed E-state index contributed by atoms with van der Waals surface area (Å²) in [5.74, 6) is 1.54. The number of para-hydroxylation sites is 1. The molecule has 1 aliphatic rings. The van der Waals surface area contributed by atoms with Gasteiger partial charge in [-0.15, -0.1) is 17.0 Å². The normalized spacial score (nSPS) is 21.4. The molecular formula is C13H20BrNO. The average molecular weight is 286 g/mol. The van der Waals surface area contributed by atoms with Gasteiger partial charge in [0.15, 0.2) is 0 Å². The van der Waals surface area contributed by atoms with E-state index in [0.29, 0.717) is 5.92 Å². The topological polar surface area (TPSA) is 21.3 Å². The molecule has 0 fully saturated rings. The smallest absolute Gasteiger partial charge is 0.142 e. The summed E-state index contributed by atoms with van der Waals surface area (Å²) in [5.41, 5.74) is 2.69. The Morgan fingerprint density at radius 1 is 1.38 bits per heavy atom. The molecule has 90 valence electrons. The second-order valence-corrected chi connectivity index (χ2v) is 5.04. The van der Waals surface area contributed by atoms with E-state index in [4.69, 9.17) is 4.74 Å². The quantitative estimate of drug-likeness (QED) is 0.843. The maximum Gasteiger partial charge on any atom is 0.142 e. The lowest BCUT2D eigenvalue weighted by atomic mass is 9.82. The van der Waals surface area contributed by atoms with Gasteiger partial charge in [0.25, 0.3) is 0 Å². The highest BCUT2D eigenvalue weighted by atomic mass is 79.9. The fourth-order valence-corrected chi connectivity index (χ4v) is 2.53. The Morgan fingerprint density at radius 2 is 2.06 bits per heavy atom. The third-order valence-electron chi connectivity index (χ3n) is 3.09. The zero-order valence-corrected chi connectivity index (χ0v) is 12.0. The highest BCUT2D eigenvalue weighted by Crippen LogP contribution is 2.42. The van der Waals surface area contributed by atoms with Crippen LogP contribution < -0.4 is 10.1 Å². The van der Waals surface area contributed by atoms with E-state index in [9.17, 15) is 0 Å². The molecule has 0 radical (unpaired) electrons. The molecule has 1 atom stereocenters. The first-order valence-corrected chi connectivity index (χ1v) is 5.48. The summed E-state index contributed by atoms with van der Waals surface area (Å²) in [5, 5.41) is 3.56. The second kappa shape index (κ2) is 4.66. The summed E-state index contributed by atoms with van der Waals surface area (Å²) in [4.78, 5) is 0. The van der Waals surface area contributed by atoms with Crippen LogP contribution >= 0.6 is 17.0 Å². The molecule has 1 aromatic rings. The Bertz CT molecular complexity index is 376. The van der Waals surface area contributed by atoms with Gasteiger partial charge in [-0.2, -0.15) is 0 Å². The molecule has 0 aliphatic carbocycles. The lowest BCUT2D eigenvalue weighted by molar-refractivity contribution is 0.403. The Kier molecular flexibility index (Phi) is 3.89. The summed E-state index contributed by atoms with van der Waals surface area (Å²) in [7, 11) is 1.73. The van der Waals surface area contributed by atoms with Crippen LogP contribution in [0, 0.1) is 0 Å². The van der Waals surface area contributed by atoms with Crippen LogP contribution in [0.5, 0.6) is 5.75 Å². The van der Waals surface area contributed by atoms with Crippen molar-refractivity contribution in [3.8, 4) is 5.75 Å². The highest BCUT2D eigenvalue weighted by molar-refractivity contribution is 8.93. The Balaban J connectivity index is 0.00000128. The molecule has 1 unspecified atom stereocenters. The number of halogens is 1. The lowest BCUT2D eigenvalue weighted by Gasteiger charge is -2.38. The maximum atomic E-state index is 5.39. The third-order valence-corrected chi connectivity index (χ3v) is 3.09. The van der Waals surface area contributed by atoms with Gasteiger partial charge in [0, 0.05) is 5.54 Å². The van der Waals surface area contributed by atoms with E-state index >= 15 is 0 Å². The number of ether oxygens (including phenoxy) is 1. The van der Waals surface area contributed by atoms with E-state index in [2.05, 4.69) is 38.2 Å². The standard InChI is InChI=1S/C13H19NO.BrH/c1-9-8-13(2,3)14-12-10(9)6-5-7-11(12)15-4;/h5-7,9,14H,8H2,1-4H3;1H. The Hall–Kier alpha value is -0.700. The van der Waals surface area contributed by atoms with Crippen molar-refractivity contribution in [3.63, 3.8) is 0 Å². The van der Waals surface area contributed by atoms with Gasteiger partial charge in [-0.3, -0.25) is 0 Å². The van der Waals surface area contributed by atoms with Crippen molar-refractivity contribution in [2.75, 3.05) is 12.4 Å². The molecule has 3 heteroatoms. The first-order chi connectivity index (χ1) is 7.03. The zero-order chi connectivity index (χ0) is 11.1. The summed E-state index contributed by atoms with van der Waals surface area (Å²) < 4.78 is 5.39. The zero-order valence-electron chi connectivity index (χ0n) is 10.3. The predicted octanol–water partition coefficient (Wildman–Crippen LogP) is 3.97.